The molecule has 0 unspecified atom stereocenters. The van der Waals surface area contributed by atoms with Crippen molar-refractivity contribution in [2.24, 2.45) is 14.1 Å². The van der Waals surface area contributed by atoms with E-state index in [2.05, 4.69) is 10.1 Å². The predicted octanol–water partition coefficient (Wildman–Crippen LogP) is -0.702. The lowest BCUT2D eigenvalue weighted by molar-refractivity contribution is -0.137. The number of carboxylic acids is 1. The first-order valence-electron chi connectivity index (χ1n) is 6.15. The number of aliphatic carboxylic acids is 1. The normalized spacial score (nSPS) is 11.6. The summed E-state index contributed by atoms with van der Waals surface area (Å²) in [4.78, 5) is 39.2. The van der Waals surface area contributed by atoms with E-state index in [1.54, 1.807) is 11.6 Å². The Morgan fingerprint density at radius 3 is 2.89 bits per heavy atom. The number of aryl methyl sites for hydroxylation is 2. The Morgan fingerprint density at radius 2 is 2.21 bits per heavy atom. The van der Waals surface area contributed by atoms with Gasteiger partial charge in [-0.25, -0.2) is 9.78 Å². The first-order chi connectivity index (χ1) is 9.47. The summed E-state index contributed by atoms with van der Waals surface area (Å²) in [6, 6.07) is 0. The van der Waals surface area contributed by atoms with Crippen LogP contribution in [0.1, 0.15) is 12.8 Å². The second kappa shape index (κ2) is 4.71. The van der Waals surface area contributed by atoms with Crippen molar-refractivity contribution in [2.45, 2.75) is 19.4 Å². The average Bonchev–Trinajstić information content (AvgIpc) is 2.82. The van der Waals surface area contributed by atoms with Crippen molar-refractivity contribution < 1.29 is 9.90 Å². The first-order valence-corrected chi connectivity index (χ1v) is 5.74. The number of aromatic nitrogens is 4. The summed E-state index contributed by atoms with van der Waals surface area (Å²) in [5.41, 5.74) is -0.276. The van der Waals surface area contributed by atoms with Crippen LogP contribution in [0.4, 0.5) is 0 Å². The molecule has 2 aromatic heterocycles. The quantitative estimate of drug-likeness (QED) is 0.789. The van der Waals surface area contributed by atoms with Gasteiger partial charge in [-0.3, -0.25) is 18.7 Å². The molecule has 2 heterocycles. The number of hydrogen-bond donors (Lipinski definition) is 1. The highest BCUT2D eigenvalue weighted by Crippen LogP contribution is 2.03. The molecule has 0 radical (unpaired) electrons. The molecule has 0 amide bonds. The van der Waals surface area contributed by atoms with Crippen molar-refractivity contribution in [1.29, 1.82) is 1.43 Å². The van der Waals surface area contributed by atoms with Crippen LogP contribution in [-0.4, -0.2) is 29.8 Å². The monoisotopic (exact) mass is 267 g/mol. The third-order valence-electron chi connectivity index (χ3n) is 2.96. The van der Waals surface area contributed by atoms with Gasteiger partial charge in [0.25, 0.3) is 6.99 Å². The van der Waals surface area contributed by atoms with Crippen molar-refractivity contribution >= 4 is 17.1 Å². The van der Waals surface area contributed by atoms with Gasteiger partial charge >= 0.3 is 11.7 Å². The molecule has 0 saturated heterocycles. The van der Waals surface area contributed by atoms with Crippen LogP contribution < -0.4 is 11.2 Å². The van der Waals surface area contributed by atoms with E-state index in [0.717, 1.165) is 4.57 Å². The van der Waals surface area contributed by atoms with Gasteiger partial charge in [0.1, 0.15) is 0 Å². The van der Waals surface area contributed by atoms with Gasteiger partial charge in [-0.1, -0.05) is 0 Å². The molecule has 2 rings (SSSR count). The van der Waals surface area contributed by atoms with E-state index in [-0.39, 0.29) is 19.4 Å². The maximum absolute atomic E-state index is 12.3. The number of imidazole rings is 1. The zero-order chi connectivity index (χ0) is 14.9. The number of fused-ring (bicyclic) bond motifs is 1. The number of rotatable bonds is 4. The van der Waals surface area contributed by atoms with Gasteiger partial charge in [-0.2, -0.15) is 0 Å². The Hall–Kier alpha value is -2.38. The largest absolute Gasteiger partial charge is 0.481 e. The van der Waals surface area contributed by atoms with E-state index in [9.17, 15) is 14.4 Å². The molecule has 2 aromatic rings. The number of carbonyl (C=O) groups is 1. The van der Waals surface area contributed by atoms with Crippen molar-refractivity contribution in [3.05, 3.63) is 27.2 Å². The lowest BCUT2D eigenvalue weighted by Crippen LogP contribution is -2.39. The summed E-state index contributed by atoms with van der Waals surface area (Å²) in [5, 5.41) is 3.78. The number of hydrogen-bond acceptors (Lipinski definition) is 5. The smallest absolute Gasteiger partial charge is 0.332 e. The molecule has 0 aromatic carbocycles. The van der Waals surface area contributed by atoms with Gasteiger partial charge in [-0.05, 0) is 6.42 Å². The van der Waals surface area contributed by atoms with E-state index >= 15 is 0 Å². The van der Waals surface area contributed by atoms with Crippen LogP contribution in [0.15, 0.2) is 15.9 Å². The van der Waals surface area contributed by atoms with E-state index in [1.807, 2.05) is 0 Å². The minimum atomic E-state index is -0.698. The molecule has 0 spiro atoms. The zero-order valence-electron chi connectivity index (χ0n) is 11.6. The van der Waals surface area contributed by atoms with Gasteiger partial charge in [-0.15, -0.1) is 0 Å². The second-order valence-electron chi connectivity index (χ2n) is 4.30. The van der Waals surface area contributed by atoms with Crippen molar-refractivity contribution in [3.63, 3.8) is 0 Å². The molecular formula is C11H14N4O4. The average molecular weight is 267 g/mol. The maximum Gasteiger partial charge on any atom is 0.332 e. The number of nitrogens with zero attached hydrogens (tertiary/aromatic N) is 4. The van der Waals surface area contributed by atoms with Crippen LogP contribution in [-0.2, 0) is 25.4 Å². The minimum absolute atomic E-state index is 0.0253. The molecule has 0 aliphatic rings. The SMILES string of the molecule is [2H]OC(=O)CCCn1c(=O)c2c(ncn2C)n(C)c1=O. The summed E-state index contributed by atoms with van der Waals surface area (Å²) in [5.74, 6) is -0.698. The number of carboxylic acid groups (broad SMARTS) is 1. The van der Waals surface area contributed by atoms with Gasteiger partial charge in [0.2, 0.25) is 0 Å². The maximum atomic E-state index is 12.3. The third-order valence-corrected chi connectivity index (χ3v) is 2.96. The molecule has 102 valence electrons. The molecule has 19 heavy (non-hydrogen) atoms. The summed E-state index contributed by atoms with van der Waals surface area (Å²) in [6.07, 6.45) is 1.69. The molecule has 0 fully saturated rings. The van der Waals surface area contributed by atoms with Crippen molar-refractivity contribution in [2.75, 3.05) is 0 Å². The fourth-order valence-electron chi connectivity index (χ4n) is 1.97. The molecule has 1 N–H and O–H groups in total. The molecule has 0 aliphatic carbocycles. The standard InChI is InChI=1S/C11H14N4O4/c1-13-6-12-9-8(13)10(18)15(11(19)14(9)2)5-3-4-7(16)17/h6H,3-5H2,1-2H3,(H,16,17)/i/hD. The van der Waals surface area contributed by atoms with Gasteiger partial charge in [0, 0.05) is 27.1 Å². The third kappa shape index (κ3) is 2.16. The Labute approximate surface area is 109 Å². The summed E-state index contributed by atoms with van der Waals surface area (Å²) >= 11 is 0. The highest BCUT2D eigenvalue weighted by atomic mass is 16.4. The second-order valence-corrected chi connectivity index (χ2v) is 4.30. The van der Waals surface area contributed by atoms with E-state index in [0.29, 0.717) is 11.2 Å². The van der Waals surface area contributed by atoms with Gasteiger partial charge in [0.15, 0.2) is 11.2 Å². The van der Waals surface area contributed by atoms with Gasteiger partial charge < -0.3 is 9.68 Å². The van der Waals surface area contributed by atoms with Crippen molar-refractivity contribution in [3.8, 4) is 0 Å². The highest BCUT2D eigenvalue weighted by Gasteiger charge is 2.14. The van der Waals surface area contributed by atoms with Crippen molar-refractivity contribution in [1.82, 2.24) is 18.7 Å². The summed E-state index contributed by atoms with van der Waals surface area (Å²) in [7, 11) is 3.20. The van der Waals surface area contributed by atoms with E-state index in [4.69, 9.17) is 1.43 Å². The minimum Gasteiger partial charge on any atom is -0.481 e. The lowest BCUT2D eigenvalue weighted by Gasteiger charge is -2.07. The first kappa shape index (κ1) is 11.7. The molecule has 0 aliphatic heterocycles. The molecule has 0 bridgehead atoms. The van der Waals surface area contributed by atoms with E-state index in [1.165, 1.54) is 17.9 Å². The Bertz CT molecular complexity index is 773. The Morgan fingerprint density at radius 1 is 1.47 bits per heavy atom. The van der Waals surface area contributed by atoms with Crippen LogP contribution in [0.2, 0.25) is 0 Å². The fraction of sp³-hybridized carbons (Fsp3) is 0.455. The molecule has 8 nitrogen and oxygen atoms in total. The topological polar surface area (TPSA) is 99.1 Å². The van der Waals surface area contributed by atoms with Crippen LogP contribution in [0, 0.1) is 0 Å². The summed E-state index contributed by atoms with van der Waals surface area (Å²) < 4.78 is 10.3. The Kier molecular flexibility index (Phi) is 2.90. The lowest BCUT2D eigenvalue weighted by atomic mass is 10.3. The van der Waals surface area contributed by atoms with Crippen LogP contribution in [0.3, 0.4) is 0 Å². The van der Waals surface area contributed by atoms with Crippen LogP contribution in [0.25, 0.3) is 12.6 Å². The molecule has 0 saturated carbocycles. The zero-order valence-corrected chi connectivity index (χ0v) is 10.6. The van der Waals surface area contributed by atoms with Crippen LogP contribution >= 0.6 is 0 Å². The Balaban J connectivity index is 2.43. The fourth-order valence-corrected chi connectivity index (χ4v) is 1.97. The molecule has 8 heteroatoms. The van der Waals surface area contributed by atoms with Crippen LogP contribution in [0.5, 0.6) is 0 Å². The predicted molar refractivity (Wildman–Crippen MR) is 67.1 cm³/mol. The summed E-state index contributed by atoms with van der Waals surface area (Å²) in [6.45, 7) is 0.0850. The van der Waals surface area contributed by atoms with Gasteiger partial charge in [0.05, 0.1) is 6.33 Å². The molecule has 0 atom stereocenters. The van der Waals surface area contributed by atoms with E-state index < -0.39 is 17.2 Å². The molecular weight excluding hydrogens is 252 g/mol. The highest BCUT2D eigenvalue weighted by molar-refractivity contribution is 5.69.